The van der Waals surface area contributed by atoms with Crippen LogP contribution < -0.4 is 10.6 Å². The highest BCUT2D eigenvalue weighted by Gasteiger charge is 2.18. The van der Waals surface area contributed by atoms with Crippen LogP contribution >= 0.6 is 0 Å². The molecule has 0 atom stereocenters. The van der Waals surface area contributed by atoms with Gasteiger partial charge in [-0.2, -0.15) is 0 Å². The topological polar surface area (TPSA) is 44.4 Å². The molecule has 0 unspecified atom stereocenters. The number of carbonyl (C=O) groups excluding carboxylic acids is 1. The van der Waals surface area contributed by atoms with E-state index >= 15 is 0 Å². The van der Waals surface area contributed by atoms with Gasteiger partial charge in [-0.25, -0.2) is 0 Å². The van der Waals surface area contributed by atoms with Gasteiger partial charge in [0.25, 0.3) is 0 Å². The van der Waals surface area contributed by atoms with E-state index in [0.717, 1.165) is 18.8 Å². The second kappa shape index (κ2) is 8.15. The molecule has 0 aromatic heterocycles. The number of benzene rings is 1. The van der Waals surface area contributed by atoms with Gasteiger partial charge in [0.1, 0.15) is 0 Å². The van der Waals surface area contributed by atoms with E-state index in [-0.39, 0.29) is 11.3 Å². The summed E-state index contributed by atoms with van der Waals surface area (Å²) < 4.78 is 0. The molecule has 0 aliphatic rings. The second-order valence-electron chi connectivity index (χ2n) is 6.65. The van der Waals surface area contributed by atoms with Gasteiger partial charge in [0.05, 0.1) is 0 Å². The van der Waals surface area contributed by atoms with Crippen molar-refractivity contribution in [3.05, 3.63) is 29.8 Å². The molecule has 1 aromatic rings. The van der Waals surface area contributed by atoms with Crippen LogP contribution in [0.25, 0.3) is 0 Å². The third-order valence-electron chi connectivity index (χ3n) is 3.27. The average molecular weight is 291 g/mol. The monoisotopic (exact) mass is 291 g/mol. The number of likely N-dealkylation sites (N-methyl/N-ethyl adjacent to an activating group) is 1. The first-order valence-electron chi connectivity index (χ1n) is 7.55. The molecule has 1 rings (SSSR count). The SMILES string of the molecule is CN(C)CCNCCC(=O)Nc1ccccc1C(C)(C)C. The number of carbonyl (C=O) groups is 1. The molecule has 0 heterocycles. The summed E-state index contributed by atoms with van der Waals surface area (Å²) >= 11 is 0. The van der Waals surface area contributed by atoms with Crippen LogP contribution in [0.15, 0.2) is 24.3 Å². The Morgan fingerprint density at radius 1 is 1.14 bits per heavy atom. The number of nitrogens with one attached hydrogen (secondary N) is 2. The van der Waals surface area contributed by atoms with E-state index in [1.165, 1.54) is 5.56 Å². The predicted molar refractivity (Wildman–Crippen MR) is 89.8 cm³/mol. The van der Waals surface area contributed by atoms with Crippen LogP contribution in [-0.2, 0) is 10.2 Å². The van der Waals surface area contributed by atoms with Crippen LogP contribution in [0.3, 0.4) is 0 Å². The minimum atomic E-state index is 0.0217. The summed E-state index contributed by atoms with van der Waals surface area (Å²) in [6.45, 7) is 9.05. The van der Waals surface area contributed by atoms with E-state index < -0.39 is 0 Å². The molecule has 1 aromatic carbocycles. The fourth-order valence-corrected chi connectivity index (χ4v) is 2.09. The van der Waals surface area contributed by atoms with Crippen molar-refractivity contribution < 1.29 is 4.79 Å². The summed E-state index contributed by atoms with van der Waals surface area (Å²) in [7, 11) is 4.08. The molecule has 4 nitrogen and oxygen atoms in total. The third-order valence-corrected chi connectivity index (χ3v) is 3.27. The van der Waals surface area contributed by atoms with E-state index in [9.17, 15) is 4.79 Å². The summed E-state index contributed by atoms with van der Waals surface area (Å²) in [5, 5.41) is 6.30. The van der Waals surface area contributed by atoms with Gasteiger partial charge in [-0.05, 0) is 31.1 Å². The van der Waals surface area contributed by atoms with Crippen LogP contribution in [0.4, 0.5) is 5.69 Å². The first kappa shape index (κ1) is 17.7. The Hall–Kier alpha value is -1.39. The molecule has 0 aliphatic heterocycles. The molecule has 0 saturated carbocycles. The molecule has 0 aliphatic carbocycles. The molecular formula is C17H29N3O. The van der Waals surface area contributed by atoms with Gasteiger partial charge in [-0.1, -0.05) is 39.0 Å². The fraction of sp³-hybridized carbons (Fsp3) is 0.588. The van der Waals surface area contributed by atoms with Crippen molar-refractivity contribution in [3.63, 3.8) is 0 Å². The van der Waals surface area contributed by atoms with Crippen molar-refractivity contribution in [2.24, 2.45) is 0 Å². The number of hydrogen-bond acceptors (Lipinski definition) is 3. The van der Waals surface area contributed by atoms with Crippen LogP contribution in [0.2, 0.25) is 0 Å². The van der Waals surface area contributed by atoms with E-state index in [1.807, 2.05) is 32.3 Å². The van der Waals surface area contributed by atoms with Gasteiger partial charge in [-0.3, -0.25) is 4.79 Å². The molecule has 0 spiro atoms. The van der Waals surface area contributed by atoms with Gasteiger partial charge in [0.2, 0.25) is 5.91 Å². The third kappa shape index (κ3) is 6.74. The lowest BCUT2D eigenvalue weighted by Crippen LogP contribution is -2.29. The number of rotatable bonds is 7. The minimum absolute atomic E-state index is 0.0217. The number of amides is 1. The summed E-state index contributed by atoms with van der Waals surface area (Å²) in [6, 6.07) is 8.02. The second-order valence-corrected chi connectivity index (χ2v) is 6.65. The van der Waals surface area contributed by atoms with Gasteiger partial charge in [0.15, 0.2) is 0 Å². The van der Waals surface area contributed by atoms with E-state index in [0.29, 0.717) is 13.0 Å². The molecule has 0 bridgehead atoms. The van der Waals surface area contributed by atoms with Crippen molar-refractivity contribution in [1.82, 2.24) is 10.2 Å². The summed E-state index contributed by atoms with van der Waals surface area (Å²) in [6.07, 6.45) is 0.492. The average Bonchev–Trinajstić information content (AvgIpc) is 2.37. The number of anilines is 1. The lowest BCUT2D eigenvalue weighted by atomic mass is 9.86. The smallest absolute Gasteiger partial charge is 0.225 e. The highest BCUT2D eigenvalue weighted by Crippen LogP contribution is 2.29. The van der Waals surface area contributed by atoms with Crippen molar-refractivity contribution in [3.8, 4) is 0 Å². The number of nitrogens with zero attached hydrogens (tertiary/aromatic N) is 1. The van der Waals surface area contributed by atoms with Crippen LogP contribution in [-0.4, -0.2) is 44.5 Å². The van der Waals surface area contributed by atoms with Crippen LogP contribution in [0, 0.1) is 0 Å². The lowest BCUT2D eigenvalue weighted by molar-refractivity contribution is -0.116. The van der Waals surface area contributed by atoms with Crippen molar-refractivity contribution in [2.45, 2.75) is 32.6 Å². The molecule has 118 valence electrons. The highest BCUT2D eigenvalue weighted by atomic mass is 16.1. The predicted octanol–water partition coefficient (Wildman–Crippen LogP) is 2.46. The number of para-hydroxylation sites is 1. The Kier molecular flexibility index (Phi) is 6.85. The first-order chi connectivity index (χ1) is 9.80. The van der Waals surface area contributed by atoms with E-state index in [4.69, 9.17) is 0 Å². The maximum atomic E-state index is 12.0. The van der Waals surface area contributed by atoms with Gasteiger partial charge in [-0.15, -0.1) is 0 Å². The summed E-state index contributed by atoms with van der Waals surface area (Å²) in [5.74, 6) is 0.0593. The Morgan fingerprint density at radius 3 is 2.43 bits per heavy atom. The lowest BCUT2D eigenvalue weighted by Gasteiger charge is -2.23. The van der Waals surface area contributed by atoms with Crippen LogP contribution in [0.5, 0.6) is 0 Å². The zero-order valence-electron chi connectivity index (χ0n) is 14.0. The minimum Gasteiger partial charge on any atom is -0.326 e. The molecule has 0 radical (unpaired) electrons. The van der Waals surface area contributed by atoms with Gasteiger partial charge >= 0.3 is 0 Å². The Morgan fingerprint density at radius 2 is 1.81 bits per heavy atom. The highest BCUT2D eigenvalue weighted by molar-refractivity contribution is 5.91. The van der Waals surface area contributed by atoms with Crippen molar-refractivity contribution in [2.75, 3.05) is 39.0 Å². The normalized spacial score (nSPS) is 11.7. The molecule has 21 heavy (non-hydrogen) atoms. The summed E-state index contributed by atoms with van der Waals surface area (Å²) in [5.41, 5.74) is 2.11. The van der Waals surface area contributed by atoms with Crippen LogP contribution in [0.1, 0.15) is 32.8 Å². The Bertz CT molecular complexity index is 450. The maximum Gasteiger partial charge on any atom is 0.225 e. The molecule has 0 fully saturated rings. The molecule has 4 heteroatoms. The van der Waals surface area contributed by atoms with Gasteiger partial charge < -0.3 is 15.5 Å². The van der Waals surface area contributed by atoms with E-state index in [2.05, 4.69) is 42.4 Å². The largest absolute Gasteiger partial charge is 0.326 e. The standard InChI is InChI=1S/C17H29N3O/c1-17(2,3)14-8-6-7-9-15(14)19-16(21)10-11-18-12-13-20(4)5/h6-9,18H,10-13H2,1-5H3,(H,19,21). The van der Waals surface area contributed by atoms with Crippen molar-refractivity contribution >= 4 is 11.6 Å². The molecular weight excluding hydrogens is 262 g/mol. The zero-order valence-corrected chi connectivity index (χ0v) is 14.0. The molecule has 0 saturated heterocycles. The Balaban J connectivity index is 2.45. The van der Waals surface area contributed by atoms with Gasteiger partial charge in [0, 0.05) is 31.7 Å². The quantitative estimate of drug-likeness (QED) is 0.759. The molecule has 2 N–H and O–H groups in total. The maximum absolute atomic E-state index is 12.0. The van der Waals surface area contributed by atoms with E-state index in [1.54, 1.807) is 0 Å². The summed E-state index contributed by atoms with van der Waals surface area (Å²) in [4.78, 5) is 14.1. The first-order valence-corrected chi connectivity index (χ1v) is 7.55. The Labute approximate surface area is 128 Å². The van der Waals surface area contributed by atoms with Crippen molar-refractivity contribution in [1.29, 1.82) is 0 Å². The molecule has 1 amide bonds. The zero-order chi connectivity index (χ0) is 15.9. The number of hydrogen-bond donors (Lipinski definition) is 2. The fourth-order valence-electron chi connectivity index (χ4n) is 2.09.